The number of allylic oxidation sites excluding steroid dienone is 1. The van der Waals surface area contributed by atoms with Crippen LogP contribution in [0.1, 0.15) is 43.2 Å². The van der Waals surface area contributed by atoms with Crippen LogP contribution < -0.4 is 10.6 Å². The SMILES string of the molecule is COC(=O)[C@H]1Cc2ccccc2CN1CC(=O)NC(=O)NCCC1=CCCCC1. The number of imide groups is 1. The van der Waals surface area contributed by atoms with Crippen molar-refractivity contribution in [3.8, 4) is 0 Å². The van der Waals surface area contributed by atoms with Crippen LogP contribution in [0.2, 0.25) is 0 Å². The maximum Gasteiger partial charge on any atom is 0.323 e. The second kappa shape index (κ2) is 10.2. The molecule has 0 fully saturated rings. The minimum absolute atomic E-state index is 0.0489. The van der Waals surface area contributed by atoms with Crippen molar-refractivity contribution in [2.45, 2.75) is 51.1 Å². The Balaban J connectivity index is 1.50. The largest absolute Gasteiger partial charge is 0.468 e. The molecular weight excluding hydrogens is 370 g/mol. The van der Waals surface area contributed by atoms with Crippen LogP contribution in [0.3, 0.4) is 0 Å². The van der Waals surface area contributed by atoms with Gasteiger partial charge in [-0.05, 0) is 49.7 Å². The number of urea groups is 1. The molecule has 1 aliphatic carbocycles. The average Bonchev–Trinajstić information content (AvgIpc) is 2.73. The van der Waals surface area contributed by atoms with E-state index in [-0.39, 0.29) is 12.5 Å². The molecule has 0 spiro atoms. The summed E-state index contributed by atoms with van der Waals surface area (Å²) >= 11 is 0. The molecule has 3 amide bonds. The molecule has 2 aliphatic rings. The second-order valence-electron chi connectivity index (χ2n) is 7.58. The summed E-state index contributed by atoms with van der Waals surface area (Å²) in [6.45, 7) is 0.915. The molecule has 7 heteroatoms. The first-order valence-corrected chi connectivity index (χ1v) is 10.2. The van der Waals surface area contributed by atoms with E-state index in [1.54, 1.807) is 4.90 Å². The Morgan fingerprint density at radius 1 is 1.17 bits per heavy atom. The lowest BCUT2D eigenvalue weighted by Gasteiger charge is -2.34. The quantitative estimate of drug-likeness (QED) is 0.566. The lowest BCUT2D eigenvalue weighted by molar-refractivity contribution is -0.148. The summed E-state index contributed by atoms with van der Waals surface area (Å²) in [5.41, 5.74) is 3.52. The highest BCUT2D eigenvalue weighted by atomic mass is 16.5. The summed E-state index contributed by atoms with van der Waals surface area (Å²) in [4.78, 5) is 38.4. The fraction of sp³-hybridized carbons (Fsp3) is 0.500. The molecule has 0 bridgehead atoms. The van der Waals surface area contributed by atoms with E-state index >= 15 is 0 Å². The second-order valence-corrected chi connectivity index (χ2v) is 7.58. The van der Waals surface area contributed by atoms with E-state index in [2.05, 4.69) is 16.7 Å². The van der Waals surface area contributed by atoms with Crippen molar-refractivity contribution in [2.75, 3.05) is 20.2 Å². The fourth-order valence-electron chi connectivity index (χ4n) is 3.97. The standard InChI is InChI=1S/C22H29N3O4/c1-29-21(27)19-13-17-9-5-6-10-18(17)14-25(19)15-20(26)24-22(28)23-12-11-16-7-3-2-4-8-16/h5-7,9-10,19H,2-4,8,11-15H2,1H3,(H2,23,24,26,28)/t19-/m1/s1. The minimum atomic E-state index is -0.540. The molecule has 1 aliphatic heterocycles. The Labute approximate surface area is 171 Å². The Morgan fingerprint density at radius 2 is 1.97 bits per heavy atom. The summed E-state index contributed by atoms with van der Waals surface area (Å²) in [7, 11) is 1.34. The fourth-order valence-corrected chi connectivity index (χ4v) is 3.97. The van der Waals surface area contributed by atoms with Crippen LogP contribution in [0.15, 0.2) is 35.9 Å². The van der Waals surface area contributed by atoms with Gasteiger partial charge in [-0.2, -0.15) is 0 Å². The molecule has 0 radical (unpaired) electrons. The Morgan fingerprint density at radius 3 is 2.69 bits per heavy atom. The summed E-state index contributed by atoms with van der Waals surface area (Å²) in [6.07, 6.45) is 8.19. The van der Waals surface area contributed by atoms with Gasteiger partial charge >= 0.3 is 12.0 Å². The first-order chi connectivity index (χ1) is 14.1. The van der Waals surface area contributed by atoms with E-state index in [1.807, 2.05) is 24.3 Å². The monoisotopic (exact) mass is 399 g/mol. The topological polar surface area (TPSA) is 87.7 Å². The van der Waals surface area contributed by atoms with Gasteiger partial charge in [-0.1, -0.05) is 35.9 Å². The van der Waals surface area contributed by atoms with Crippen molar-refractivity contribution in [2.24, 2.45) is 0 Å². The van der Waals surface area contributed by atoms with E-state index in [0.29, 0.717) is 19.5 Å². The van der Waals surface area contributed by atoms with Gasteiger partial charge in [-0.15, -0.1) is 0 Å². The summed E-state index contributed by atoms with van der Waals surface area (Å²) in [5, 5.41) is 5.10. The van der Waals surface area contributed by atoms with Crippen molar-refractivity contribution in [1.29, 1.82) is 0 Å². The predicted molar refractivity (Wildman–Crippen MR) is 109 cm³/mol. The zero-order valence-corrected chi connectivity index (χ0v) is 16.9. The van der Waals surface area contributed by atoms with Crippen molar-refractivity contribution < 1.29 is 19.1 Å². The number of rotatable bonds is 6. The number of nitrogens with one attached hydrogen (secondary N) is 2. The van der Waals surface area contributed by atoms with Crippen LogP contribution in [-0.2, 0) is 27.3 Å². The smallest absolute Gasteiger partial charge is 0.323 e. The number of methoxy groups -OCH3 is 1. The van der Waals surface area contributed by atoms with E-state index in [4.69, 9.17) is 4.74 Å². The molecule has 0 unspecified atom stereocenters. The van der Waals surface area contributed by atoms with Gasteiger partial charge in [-0.25, -0.2) is 4.79 Å². The third-order valence-corrected chi connectivity index (χ3v) is 5.54. The number of nitrogens with zero attached hydrogens (tertiary/aromatic N) is 1. The van der Waals surface area contributed by atoms with Gasteiger partial charge in [0.2, 0.25) is 5.91 Å². The van der Waals surface area contributed by atoms with E-state index in [1.165, 1.54) is 25.5 Å². The third-order valence-electron chi connectivity index (χ3n) is 5.54. The molecule has 29 heavy (non-hydrogen) atoms. The summed E-state index contributed by atoms with van der Waals surface area (Å²) in [5.74, 6) is -0.815. The van der Waals surface area contributed by atoms with E-state index in [0.717, 1.165) is 30.4 Å². The highest BCUT2D eigenvalue weighted by Gasteiger charge is 2.33. The highest BCUT2D eigenvalue weighted by Crippen LogP contribution is 2.23. The molecule has 1 aromatic rings. The maximum atomic E-state index is 12.4. The summed E-state index contributed by atoms with van der Waals surface area (Å²) in [6, 6.07) is 6.80. The number of hydrogen-bond donors (Lipinski definition) is 2. The van der Waals surface area contributed by atoms with Gasteiger partial charge in [0.05, 0.1) is 13.7 Å². The Bertz CT molecular complexity index is 790. The molecule has 0 saturated heterocycles. The number of carbonyl (C=O) groups excluding carboxylic acids is 3. The molecule has 156 valence electrons. The average molecular weight is 399 g/mol. The van der Waals surface area contributed by atoms with Gasteiger partial charge < -0.3 is 10.1 Å². The van der Waals surface area contributed by atoms with Gasteiger partial charge in [0.25, 0.3) is 0 Å². The number of benzene rings is 1. The van der Waals surface area contributed by atoms with Gasteiger partial charge in [0.15, 0.2) is 0 Å². The molecule has 2 N–H and O–H groups in total. The zero-order valence-electron chi connectivity index (χ0n) is 16.9. The Kier molecular flexibility index (Phi) is 7.41. The number of ether oxygens (including phenoxy) is 1. The van der Waals surface area contributed by atoms with Crippen LogP contribution in [0.4, 0.5) is 4.79 Å². The van der Waals surface area contributed by atoms with Gasteiger partial charge in [-0.3, -0.25) is 19.8 Å². The lowest BCUT2D eigenvalue weighted by Crippen LogP contribution is -2.51. The third kappa shape index (κ3) is 5.90. The van der Waals surface area contributed by atoms with Crippen molar-refractivity contribution in [3.63, 3.8) is 0 Å². The minimum Gasteiger partial charge on any atom is -0.468 e. The van der Waals surface area contributed by atoms with Crippen LogP contribution in [0, 0.1) is 0 Å². The van der Waals surface area contributed by atoms with E-state index in [9.17, 15) is 14.4 Å². The first-order valence-electron chi connectivity index (χ1n) is 10.2. The summed E-state index contributed by atoms with van der Waals surface area (Å²) < 4.78 is 4.91. The van der Waals surface area contributed by atoms with Crippen LogP contribution in [0.25, 0.3) is 0 Å². The van der Waals surface area contributed by atoms with Crippen LogP contribution in [0.5, 0.6) is 0 Å². The number of amides is 3. The molecule has 3 rings (SSSR count). The predicted octanol–water partition coefficient (Wildman–Crippen LogP) is 2.30. The normalized spacial score (nSPS) is 18.9. The van der Waals surface area contributed by atoms with E-state index < -0.39 is 18.0 Å². The number of fused-ring (bicyclic) bond motifs is 1. The molecule has 0 saturated carbocycles. The molecular formula is C22H29N3O4. The molecule has 1 heterocycles. The van der Waals surface area contributed by atoms with Crippen molar-refractivity contribution >= 4 is 17.9 Å². The zero-order chi connectivity index (χ0) is 20.6. The Hall–Kier alpha value is -2.67. The number of esters is 1. The number of hydrogen-bond acceptors (Lipinski definition) is 5. The maximum absolute atomic E-state index is 12.4. The van der Waals surface area contributed by atoms with Gasteiger partial charge in [0.1, 0.15) is 6.04 Å². The molecule has 0 aromatic heterocycles. The molecule has 7 nitrogen and oxygen atoms in total. The highest BCUT2D eigenvalue weighted by molar-refractivity contribution is 5.95. The van der Waals surface area contributed by atoms with Crippen molar-refractivity contribution in [3.05, 3.63) is 47.0 Å². The molecule has 1 atom stereocenters. The lowest BCUT2D eigenvalue weighted by atomic mass is 9.94. The van der Waals surface area contributed by atoms with Crippen LogP contribution >= 0.6 is 0 Å². The first kappa shape index (κ1) is 21.0. The molecule has 1 aromatic carbocycles. The van der Waals surface area contributed by atoms with Crippen molar-refractivity contribution in [1.82, 2.24) is 15.5 Å². The van der Waals surface area contributed by atoms with Crippen LogP contribution in [-0.4, -0.2) is 49.0 Å². The van der Waals surface area contributed by atoms with Gasteiger partial charge in [0, 0.05) is 13.1 Å². The number of carbonyl (C=O) groups is 3.